The van der Waals surface area contributed by atoms with E-state index in [9.17, 15) is 4.79 Å². The highest BCUT2D eigenvalue weighted by atomic mass is 16.5. The number of carbonyl (C=O) groups is 1. The topological polar surface area (TPSA) is 29.5 Å². The van der Waals surface area contributed by atoms with Gasteiger partial charge in [0.25, 0.3) is 5.91 Å². The van der Waals surface area contributed by atoms with E-state index in [0.29, 0.717) is 6.04 Å². The lowest BCUT2D eigenvalue weighted by Crippen LogP contribution is -2.43. The third kappa shape index (κ3) is 3.30. The molecule has 3 heteroatoms. The molecule has 1 saturated heterocycles. The number of likely N-dealkylation sites (tertiary alicyclic amines) is 1. The normalized spacial score (nSPS) is 17.6. The van der Waals surface area contributed by atoms with Crippen molar-refractivity contribution in [3.8, 4) is 16.9 Å². The zero-order chi connectivity index (χ0) is 16.9. The first-order chi connectivity index (χ1) is 11.7. The van der Waals surface area contributed by atoms with Crippen LogP contribution in [0.25, 0.3) is 11.1 Å². The van der Waals surface area contributed by atoms with Crippen LogP contribution in [0.15, 0.2) is 48.5 Å². The van der Waals surface area contributed by atoms with E-state index in [4.69, 9.17) is 4.74 Å². The second-order valence-electron chi connectivity index (χ2n) is 6.34. The molecule has 1 aliphatic heterocycles. The lowest BCUT2D eigenvalue weighted by atomic mass is 9.97. The number of benzene rings is 2. The first-order valence-electron chi connectivity index (χ1n) is 8.79. The predicted molar refractivity (Wildman–Crippen MR) is 97.4 cm³/mol. The summed E-state index contributed by atoms with van der Waals surface area (Å²) in [5.74, 6) is 0.935. The van der Waals surface area contributed by atoms with E-state index in [1.807, 2.05) is 48.5 Å². The van der Waals surface area contributed by atoms with Crippen molar-refractivity contribution < 1.29 is 9.53 Å². The van der Waals surface area contributed by atoms with Crippen molar-refractivity contribution in [2.24, 2.45) is 0 Å². The Bertz CT molecular complexity index is 696. The molecule has 0 aliphatic carbocycles. The zero-order valence-corrected chi connectivity index (χ0v) is 14.5. The molecule has 1 heterocycles. The molecular weight excluding hydrogens is 298 g/mol. The van der Waals surface area contributed by atoms with Crippen molar-refractivity contribution in [3.05, 3.63) is 54.1 Å². The van der Waals surface area contributed by atoms with Crippen LogP contribution in [0.2, 0.25) is 0 Å². The SMILES string of the molecule is CCC1CCCCN1C(=O)c1ccc(OC)c(-c2ccccc2)c1. The van der Waals surface area contributed by atoms with Crippen LogP contribution in [-0.4, -0.2) is 30.5 Å². The summed E-state index contributed by atoms with van der Waals surface area (Å²) in [6.07, 6.45) is 4.46. The van der Waals surface area contributed by atoms with Crippen LogP contribution in [-0.2, 0) is 0 Å². The van der Waals surface area contributed by atoms with Gasteiger partial charge >= 0.3 is 0 Å². The molecule has 1 aliphatic rings. The molecule has 0 radical (unpaired) electrons. The highest BCUT2D eigenvalue weighted by molar-refractivity contribution is 5.96. The summed E-state index contributed by atoms with van der Waals surface area (Å²) in [5, 5.41) is 0. The maximum atomic E-state index is 13.0. The van der Waals surface area contributed by atoms with Gasteiger partial charge in [-0.05, 0) is 49.4 Å². The molecule has 2 aromatic carbocycles. The molecule has 2 aromatic rings. The molecule has 0 saturated carbocycles. The lowest BCUT2D eigenvalue weighted by Gasteiger charge is -2.35. The van der Waals surface area contributed by atoms with Crippen molar-refractivity contribution >= 4 is 5.91 Å². The summed E-state index contributed by atoms with van der Waals surface area (Å²) in [6, 6.07) is 16.2. The monoisotopic (exact) mass is 323 g/mol. The highest BCUT2D eigenvalue weighted by Gasteiger charge is 2.26. The van der Waals surface area contributed by atoms with Crippen molar-refractivity contribution in [3.63, 3.8) is 0 Å². The average molecular weight is 323 g/mol. The van der Waals surface area contributed by atoms with Crippen LogP contribution < -0.4 is 4.74 Å². The molecule has 0 N–H and O–H groups in total. The van der Waals surface area contributed by atoms with Gasteiger partial charge in [0, 0.05) is 23.7 Å². The van der Waals surface area contributed by atoms with Crippen LogP contribution in [0.1, 0.15) is 43.0 Å². The second kappa shape index (κ2) is 7.52. The number of ether oxygens (including phenoxy) is 1. The molecule has 3 nitrogen and oxygen atoms in total. The van der Waals surface area contributed by atoms with E-state index in [0.717, 1.165) is 48.2 Å². The Morgan fingerprint density at radius 1 is 1.17 bits per heavy atom. The van der Waals surface area contributed by atoms with Gasteiger partial charge in [-0.15, -0.1) is 0 Å². The van der Waals surface area contributed by atoms with Crippen molar-refractivity contribution in [2.75, 3.05) is 13.7 Å². The van der Waals surface area contributed by atoms with Gasteiger partial charge in [-0.1, -0.05) is 37.3 Å². The number of hydrogen-bond acceptors (Lipinski definition) is 2. The number of carbonyl (C=O) groups excluding carboxylic acids is 1. The molecule has 0 aromatic heterocycles. The van der Waals surface area contributed by atoms with Gasteiger partial charge in [0.15, 0.2) is 0 Å². The number of hydrogen-bond donors (Lipinski definition) is 0. The average Bonchev–Trinajstić information content (AvgIpc) is 2.67. The number of amides is 1. The van der Waals surface area contributed by atoms with Crippen LogP contribution in [0, 0.1) is 0 Å². The van der Waals surface area contributed by atoms with Gasteiger partial charge in [0.1, 0.15) is 5.75 Å². The first kappa shape index (κ1) is 16.6. The van der Waals surface area contributed by atoms with E-state index >= 15 is 0 Å². The van der Waals surface area contributed by atoms with Crippen LogP contribution in [0.4, 0.5) is 0 Å². The van der Waals surface area contributed by atoms with Gasteiger partial charge in [-0.25, -0.2) is 0 Å². The Labute approximate surface area is 144 Å². The first-order valence-corrected chi connectivity index (χ1v) is 8.79. The molecule has 1 atom stereocenters. The molecule has 1 unspecified atom stereocenters. The molecule has 3 rings (SSSR count). The largest absolute Gasteiger partial charge is 0.496 e. The van der Waals surface area contributed by atoms with Gasteiger partial charge in [-0.2, -0.15) is 0 Å². The summed E-state index contributed by atoms with van der Waals surface area (Å²) >= 11 is 0. The lowest BCUT2D eigenvalue weighted by molar-refractivity contribution is 0.0608. The highest BCUT2D eigenvalue weighted by Crippen LogP contribution is 2.32. The van der Waals surface area contributed by atoms with E-state index in [-0.39, 0.29) is 5.91 Å². The Morgan fingerprint density at radius 3 is 2.67 bits per heavy atom. The number of rotatable bonds is 4. The van der Waals surface area contributed by atoms with Crippen molar-refractivity contribution in [1.82, 2.24) is 4.90 Å². The van der Waals surface area contributed by atoms with Gasteiger partial charge in [0.2, 0.25) is 0 Å². The predicted octanol–water partition coefficient (Wildman–Crippen LogP) is 4.77. The van der Waals surface area contributed by atoms with Crippen LogP contribution >= 0.6 is 0 Å². The Hall–Kier alpha value is -2.29. The fraction of sp³-hybridized carbons (Fsp3) is 0.381. The fourth-order valence-corrected chi connectivity index (χ4v) is 3.54. The summed E-state index contributed by atoms with van der Waals surface area (Å²) in [7, 11) is 1.67. The van der Waals surface area contributed by atoms with E-state index in [1.165, 1.54) is 6.42 Å². The van der Waals surface area contributed by atoms with Gasteiger partial charge < -0.3 is 9.64 Å². The summed E-state index contributed by atoms with van der Waals surface area (Å²) < 4.78 is 5.50. The summed E-state index contributed by atoms with van der Waals surface area (Å²) in [4.78, 5) is 15.1. The number of nitrogens with zero attached hydrogens (tertiary/aromatic N) is 1. The third-order valence-corrected chi connectivity index (χ3v) is 4.89. The second-order valence-corrected chi connectivity index (χ2v) is 6.34. The zero-order valence-electron chi connectivity index (χ0n) is 14.5. The molecule has 126 valence electrons. The minimum Gasteiger partial charge on any atom is -0.496 e. The molecule has 1 fully saturated rings. The number of methoxy groups -OCH3 is 1. The molecular formula is C21H25NO2. The van der Waals surface area contributed by atoms with Gasteiger partial charge in [-0.3, -0.25) is 4.79 Å². The molecule has 0 bridgehead atoms. The fourth-order valence-electron chi connectivity index (χ4n) is 3.54. The Morgan fingerprint density at radius 2 is 1.96 bits per heavy atom. The maximum absolute atomic E-state index is 13.0. The maximum Gasteiger partial charge on any atom is 0.254 e. The smallest absolute Gasteiger partial charge is 0.254 e. The third-order valence-electron chi connectivity index (χ3n) is 4.89. The van der Waals surface area contributed by atoms with E-state index < -0.39 is 0 Å². The summed E-state index contributed by atoms with van der Waals surface area (Å²) in [5.41, 5.74) is 2.78. The van der Waals surface area contributed by atoms with Crippen LogP contribution in [0.3, 0.4) is 0 Å². The van der Waals surface area contributed by atoms with Crippen LogP contribution in [0.5, 0.6) is 5.75 Å². The van der Waals surface area contributed by atoms with E-state index in [2.05, 4.69) is 11.8 Å². The van der Waals surface area contributed by atoms with Crippen molar-refractivity contribution in [1.29, 1.82) is 0 Å². The number of piperidine rings is 1. The Kier molecular flexibility index (Phi) is 5.19. The Balaban J connectivity index is 1.95. The standard InChI is InChI=1S/C21H25NO2/c1-3-18-11-7-8-14-22(18)21(23)17-12-13-20(24-2)19(15-17)16-9-5-4-6-10-16/h4-6,9-10,12-13,15,18H,3,7-8,11,14H2,1-2H3. The minimum atomic E-state index is 0.140. The molecule has 0 spiro atoms. The molecule has 24 heavy (non-hydrogen) atoms. The summed E-state index contributed by atoms with van der Waals surface area (Å²) in [6.45, 7) is 3.03. The van der Waals surface area contributed by atoms with Crippen molar-refractivity contribution in [2.45, 2.75) is 38.6 Å². The molecule has 1 amide bonds. The van der Waals surface area contributed by atoms with Gasteiger partial charge in [0.05, 0.1) is 7.11 Å². The quantitative estimate of drug-likeness (QED) is 0.811. The minimum absolute atomic E-state index is 0.140. The van der Waals surface area contributed by atoms with E-state index in [1.54, 1.807) is 7.11 Å².